The molecule has 2 aliphatic rings. The van der Waals surface area contributed by atoms with Gasteiger partial charge in [0, 0.05) is 6.04 Å². The van der Waals surface area contributed by atoms with Crippen LogP contribution in [0.2, 0.25) is 0 Å². The van der Waals surface area contributed by atoms with Crippen molar-refractivity contribution < 1.29 is 9.53 Å². The van der Waals surface area contributed by atoms with Gasteiger partial charge in [-0.15, -0.1) is 0 Å². The van der Waals surface area contributed by atoms with Crippen molar-refractivity contribution in [1.82, 2.24) is 4.90 Å². The Morgan fingerprint density at radius 1 is 1.35 bits per heavy atom. The van der Waals surface area contributed by atoms with Gasteiger partial charge in [-0.25, -0.2) is 0 Å². The number of nitrogens with two attached hydrogens (primary N) is 1. The first-order valence-electron chi connectivity index (χ1n) is 8.20. The third-order valence-corrected chi connectivity index (χ3v) is 5.21. The van der Waals surface area contributed by atoms with Gasteiger partial charge in [-0.2, -0.15) is 0 Å². The van der Waals surface area contributed by atoms with E-state index in [0.717, 1.165) is 25.2 Å². The number of nitrogens with zero attached hydrogens (tertiary/aromatic N) is 1. The number of methoxy groups -OCH3 is 1. The van der Waals surface area contributed by atoms with E-state index < -0.39 is 5.54 Å². The van der Waals surface area contributed by atoms with E-state index in [1.54, 1.807) is 0 Å². The standard InChI is InChI=1S/C16H30N2O2/c1-3-5-13-7-10-18(11-8-13)14-6-4-9-16(17,12-14)15(19)20-2/h13-14H,3-12,17H2,1-2H3. The van der Waals surface area contributed by atoms with Crippen LogP contribution in [0, 0.1) is 5.92 Å². The molecule has 2 N–H and O–H groups in total. The van der Waals surface area contributed by atoms with Crippen LogP contribution in [0.1, 0.15) is 58.3 Å². The van der Waals surface area contributed by atoms with Crippen LogP contribution in [0.5, 0.6) is 0 Å². The van der Waals surface area contributed by atoms with Crippen molar-refractivity contribution in [2.45, 2.75) is 69.9 Å². The Morgan fingerprint density at radius 3 is 2.65 bits per heavy atom. The smallest absolute Gasteiger partial charge is 0.325 e. The van der Waals surface area contributed by atoms with Gasteiger partial charge >= 0.3 is 5.97 Å². The highest BCUT2D eigenvalue weighted by atomic mass is 16.5. The number of hydrogen-bond acceptors (Lipinski definition) is 4. The average Bonchev–Trinajstić information content (AvgIpc) is 2.47. The Balaban J connectivity index is 1.89. The largest absolute Gasteiger partial charge is 0.468 e. The zero-order chi connectivity index (χ0) is 14.6. The molecule has 2 atom stereocenters. The van der Waals surface area contributed by atoms with Crippen molar-refractivity contribution in [2.75, 3.05) is 20.2 Å². The van der Waals surface area contributed by atoms with Gasteiger partial charge in [0.15, 0.2) is 0 Å². The summed E-state index contributed by atoms with van der Waals surface area (Å²) in [4.78, 5) is 14.5. The van der Waals surface area contributed by atoms with E-state index in [1.165, 1.54) is 52.3 Å². The van der Waals surface area contributed by atoms with E-state index in [2.05, 4.69) is 11.8 Å². The van der Waals surface area contributed by atoms with Crippen LogP contribution in [0.4, 0.5) is 0 Å². The molecule has 0 aromatic rings. The minimum atomic E-state index is -0.752. The van der Waals surface area contributed by atoms with E-state index in [-0.39, 0.29) is 5.97 Å². The fourth-order valence-corrected chi connectivity index (χ4v) is 3.99. The van der Waals surface area contributed by atoms with Crippen molar-refractivity contribution in [3.05, 3.63) is 0 Å². The lowest BCUT2D eigenvalue weighted by Crippen LogP contribution is -2.57. The number of ether oxygens (including phenoxy) is 1. The Labute approximate surface area is 123 Å². The third-order valence-electron chi connectivity index (χ3n) is 5.21. The Morgan fingerprint density at radius 2 is 2.05 bits per heavy atom. The number of rotatable bonds is 4. The van der Waals surface area contributed by atoms with Crippen molar-refractivity contribution in [1.29, 1.82) is 0 Å². The molecule has 0 aromatic heterocycles. The summed E-state index contributed by atoms with van der Waals surface area (Å²) in [5.74, 6) is 0.672. The van der Waals surface area contributed by atoms with Crippen LogP contribution >= 0.6 is 0 Å². The van der Waals surface area contributed by atoms with Crippen LogP contribution in [-0.4, -0.2) is 42.6 Å². The minimum absolute atomic E-state index is 0.233. The molecule has 20 heavy (non-hydrogen) atoms. The van der Waals surface area contributed by atoms with Gasteiger partial charge in [-0.05, 0) is 57.5 Å². The first kappa shape index (κ1) is 15.8. The van der Waals surface area contributed by atoms with E-state index in [0.29, 0.717) is 6.04 Å². The topological polar surface area (TPSA) is 55.6 Å². The second-order valence-electron chi connectivity index (χ2n) is 6.67. The minimum Gasteiger partial charge on any atom is -0.468 e. The van der Waals surface area contributed by atoms with Crippen molar-refractivity contribution in [2.24, 2.45) is 11.7 Å². The van der Waals surface area contributed by atoms with Crippen molar-refractivity contribution in [3.8, 4) is 0 Å². The van der Waals surface area contributed by atoms with Gasteiger partial charge in [0.1, 0.15) is 5.54 Å². The molecule has 1 saturated carbocycles. The predicted molar refractivity (Wildman–Crippen MR) is 80.4 cm³/mol. The Bertz CT molecular complexity index is 326. The molecule has 2 rings (SSSR count). The second-order valence-corrected chi connectivity index (χ2v) is 6.67. The quantitative estimate of drug-likeness (QED) is 0.804. The van der Waals surface area contributed by atoms with Crippen LogP contribution in [0.15, 0.2) is 0 Å². The molecule has 1 saturated heterocycles. The molecular formula is C16H30N2O2. The summed E-state index contributed by atoms with van der Waals surface area (Å²) in [5, 5.41) is 0. The number of likely N-dealkylation sites (tertiary alicyclic amines) is 1. The maximum Gasteiger partial charge on any atom is 0.325 e. The highest BCUT2D eigenvalue weighted by molar-refractivity contribution is 5.80. The van der Waals surface area contributed by atoms with E-state index in [9.17, 15) is 4.79 Å². The van der Waals surface area contributed by atoms with Crippen molar-refractivity contribution in [3.63, 3.8) is 0 Å². The molecular weight excluding hydrogens is 252 g/mol. The molecule has 0 radical (unpaired) electrons. The van der Waals surface area contributed by atoms with Gasteiger partial charge in [0.2, 0.25) is 0 Å². The number of hydrogen-bond donors (Lipinski definition) is 1. The summed E-state index contributed by atoms with van der Waals surface area (Å²) >= 11 is 0. The molecule has 0 spiro atoms. The first-order chi connectivity index (χ1) is 9.59. The number of carbonyl (C=O) groups excluding carboxylic acids is 1. The van der Waals surface area contributed by atoms with Crippen LogP contribution in [-0.2, 0) is 9.53 Å². The summed E-state index contributed by atoms with van der Waals surface area (Å²) in [6, 6.07) is 0.468. The summed E-state index contributed by atoms with van der Waals surface area (Å²) in [7, 11) is 1.44. The Hall–Kier alpha value is -0.610. The number of carbonyl (C=O) groups is 1. The van der Waals surface area contributed by atoms with E-state index in [1.807, 2.05) is 0 Å². The lowest BCUT2D eigenvalue weighted by atomic mass is 9.78. The van der Waals surface area contributed by atoms with Gasteiger partial charge in [0.25, 0.3) is 0 Å². The zero-order valence-corrected chi connectivity index (χ0v) is 13.1. The Kier molecular flexibility index (Phi) is 5.44. The molecule has 0 amide bonds. The first-order valence-corrected chi connectivity index (χ1v) is 8.20. The van der Waals surface area contributed by atoms with Crippen molar-refractivity contribution >= 4 is 5.97 Å². The molecule has 4 nitrogen and oxygen atoms in total. The summed E-state index contributed by atoms with van der Waals surface area (Å²) < 4.78 is 4.89. The van der Waals surface area contributed by atoms with Gasteiger partial charge < -0.3 is 15.4 Å². The summed E-state index contributed by atoms with van der Waals surface area (Å²) in [5.41, 5.74) is 5.53. The molecule has 1 aliphatic carbocycles. The van der Waals surface area contributed by atoms with Gasteiger partial charge in [0.05, 0.1) is 7.11 Å². The SMILES string of the molecule is CCCC1CCN(C2CCCC(N)(C(=O)OC)C2)CC1. The molecule has 4 heteroatoms. The number of piperidine rings is 1. The fourth-order valence-electron chi connectivity index (χ4n) is 3.99. The number of esters is 1. The molecule has 0 aromatic carbocycles. The zero-order valence-electron chi connectivity index (χ0n) is 13.1. The monoisotopic (exact) mass is 282 g/mol. The predicted octanol–water partition coefficient (Wildman–Crippen LogP) is 2.31. The summed E-state index contributed by atoms with van der Waals surface area (Å²) in [6.07, 6.45) is 9.00. The highest BCUT2D eigenvalue weighted by Gasteiger charge is 2.42. The maximum atomic E-state index is 11.9. The molecule has 1 aliphatic heterocycles. The third kappa shape index (κ3) is 3.53. The average molecular weight is 282 g/mol. The van der Waals surface area contributed by atoms with Crippen LogP contribution < -0.4 is 5.73 Å². The molecule has 2 unspecified atom stereocenters. The molecule has 116 valence electrons. The van der Waals surface area contributed by atoms with E-state index >= 15 is 0 Å². The maximum absolute atomic E-state index is 11.9. The van der Waals surface area contributed by atoms with E-state index in [4.69, 9.17) is 10.5 Å². The lowest BCUT2D eigenvalue weighted by molar-refractivity contribution is -0.149. The van der Waals surface area contributed by atoms with Gasteiger partial charge in [-0.1, -0.05) is 19.8 Å². The highest BCUT2D eigenvalue weighted by Crippen LogP contribution is 2.33. The second kappa shape index (κ2) is 6.90. The van der Waals surface area contributed by atoms with Crippen LogP contribution in [0.25, 0.3) is 0 Å². The summed E-state index contributed by atoms with van der Waals surface area (Å²) in [6.45, 7) is 4.62. The van der Waals surface area contributed by atoms with Crippen LogP contribution in [0.3, 0.4) is 0 Å². The van der Waals surface area contributed by atoms with Gasteiger partial charge in [-0.3, -0.25) is 4.79 Å². The fraction of sp³-hybridized carbons (Fsp3) is 0.938. The molecule has 1 heterocycles. The normalized spacial score (nSPS) is 33.0. The molecule has 0 bridgehead atoms. The lowest BCUT2D eigenvalue weighted by Gasteiger charge is -2.43. The molecule has 2 fully saturated rings.